The largest absolute Gasteiger partial charge is 0.462 e. The Morgan fingerprint density at radius 2 is 2.16 bits per heavy atom. The van der Waals surface area contributed by atoms with Gasteiger partial charge in [0.1, 0.15) is 0 Å². The normalized spacial score (nSPS) is 17.3. The number of urea groups is 1. The summed E-state index contributed by atoms with van der Waals surface area (Å²) in [4.78, 5) is 36.5. The van der Waals surface area contributed by atoms with Crippen LogP contribution in [0.3, 0.4) is 0 Å². The van der Waals surface area contributed by atoms with Gasteiger partial charge in [0.15, 0.2) is 0 Å². The summed E-state index contributed by atoms with van der Waals surface area (Å²) in [7, 11) is 1.55. The van der Waals surface area contributed by atoms with Crippen LogP contribution in [0.15, 0.2) is 35.5 Å². The fraction of sp³-hybridized carbons (Fsp3) is 0.412. The molecule has 0 unspecified atom stereocenters. The molecule has 8 nitrogen and oxygen atoms in total. The predicted octanol–water partition coefficient (Wildman–Crippen LogP) is 2.91. The van der Waals surface area contributed by atoms with Crippen molar-refractivity contribution in [3.63, 3.8) is 0 Å². The molecule has 0 spiro atoms. The molecule has 1 N–H and O–H groups in total. The van der Waals surface area contributed by atoms with Gasteiger partial charge in [0.05, 0.1) is 23.1 Å². The van der Waals surface area contributed by atoms with Gasteiger partial charge in [-0.3, -0.25) is 10.1 Å². The van der Waals surface area contributed by atoms with Gasteiger partial charge in [0.2, 0.25) is 0 Å². The van der Waals surface area contributed by atoms with Gasteiger partial charge >= 0.3 is 12.0 Å². The third-order valence-electron chi connectivity index (χ3n) is 4.12. The topological polar surface area (TPSA) is 102 Å². The minimum absolute atomic E-state index is 0.109. The van der Waals surface area contributed by atoms with Crippen LogP contribution in [0.1, 0.15) is 38.3 Å². The summed E-state index contributed by atoms with van der Waals surface area (Å²) in [5.41, 5.74) is 1.08. The highest BCUT2D eigenvalue weighted by Crippen LogP contribution is 2.32. The van der Waals surface area contributed by atoms with Crippen LogP contribution in [0.4, 0.5) is 10.5 Å². The molecule has 2 rings (SSSR count). The van der Waals surface area contributed by atoms with Gasteiger partial charge in [-0.25, -0.2) is 9.59 Å². The quantitative estimate of drug-likeness (QED) is 0.369. The highest BCUT2D eigenvalue weighted by Gasteiger charge is 2.35. The number of ether oxygens (including phenoxy) is 1. The smallest absolute Gasteiger partial charge is 0.338 e. The Bertz CT molecular complexity index is 729. The fourth-order valence-electron chi connectivity index (χ4n) is 2.55. The first-order valence-electron chi connectivity index (χ1n) is 8.03. The number of unbranched alkanes of at least 4 members (excludes halogenated alkanes) is 1. The van der Waals surface area contributed by atoms with Crippen LogP contribution in [0.5, 0.6) is 0 Å². The Balaban J connectivity index is 2.42. The number of esters is 1. The summed E-state index contributed by atoms with van der Waals surface area (Å²) in [6.07, 6.45) is 1.62. The summed E-state index contributed by atoms with van der Waals surface area (Å²) in [5, 5.41) is 13.7. The summed E-state index contributed by atoms with van der Waals surface area (Å²) >= 11 is 0. The van der Waals surface area contributed by atoms with Gasteiger partial charge in [0, 0.05) is 24.9 Å². The zero-order valence-corrected chi connectivity index (χ0v) is 14.4. The molecule has 0 fully saturated rings. The van der Waals surface area contributed by atoms with Crippen LogP contribution in [0.25, 0.3) is 0 Å². The lowest BCUT2D eigenvalue weighted by Gasteiger charge is -2.33. The number of amides is 2. The van der Waals surface area contributed by atoms with E-state index in [4.69, 9.17) is 4.74 Å². The van der Waals surface area contributed by atoms with Crippen molar-refractivity contribution in [2.75, 3.05) is 13.7 Å². The second kappa shape index (κ2) is 7.78. The average Bonchev–Trinajstić information content (AvgIpc) is 2.59. The number of carbonyl (C=O) groups is 2. The molecular weight excluding hydrogens is 326 g/mol. The Hall–Kier alpha value is -2.90. The van der Waals surface area contributed by atoms with Gasteiger partial charge in [-0.2, -0.15) is 0 Å². The molecule has 1 atom stereocenters. The number of non-ortho nitro benzene ring substituents is 1. The Morgan fingerprint density at radius 3 is 2.80 bits per heavy atom. The van der Waals surface area contributed by atoms with E-state index >= 15 is 0 Å². The minimum Gasteiger partial charge on any atom is -0.462 e. The van der Waals surface area contributed by atoms with Crippen molar-refractivity contribution in [1.82, 2.24) is 10.2 Å². The fourth-order valence-corrected chi connectivity index (χ4v) is 2.55. The Labute approximate surface area is 145 Å². The maximum Gasteiger partial charge on any atom is 0.338 e. The number of allylic oxidation sites excluding steroid dienone is 1. The zero-order chi connectivity index (χ0) is 18.6. The highest BCUT2D eigenvalue weighted by molar-refractivity contribution is 5.95. The lowest BCUT2D eigenvalue weighted by atomic mass is 9.94. The van der Waals surface area contributed by atoms with E-state index in [2.05, 4.69) is 5.32 Å². The maximum absolute atomic E-state index is 12.5. The molecule has 8 heteroatoms. The molecule has 1 aliphatic rings. The molecule has 134 valence electrons. The molecule has 25 heavy (non-hydrogen) atoms. The van der Waals surface area contributed by atoms with Crippen LogP contribution in [-0.2, 0) is 9.53 Å². The third kappa shape index (κ3) is 3.96. The SMILES string of the molecule is CCCCOC(=O)C1=C(C)N(C)C(=O)N[C@@H]1c1cccc([N+](=O)[O-])c1. The first kappa shape index (κ1) is 18.4. The van der Waals surface area contributed by atoms with Crippen LogP contribution < -0.4 is 5.32 Å². The molecule has 0 bridgehead atoms. The van der Waals surface area contributed by atoms with Crippen LogP contribution in [0, 0.1) is 10.1 Å². The van der Waals surface area contributed by atoms with E-state index in [9.17, 15) is 19.7 Å². The van der Waals surface area contributed by atoms with Gasteiger partial charge in [-0.15, -0.1) is 0 Å². The molecule has 0 aromatic heterocycles. The standard InChI is InChI=1S/C17H21N3O5/c1-4-5-9-25-16(21)14-11(2)19(3)17(22)18-15(14)12-7-6-8-13(10-12)20(23)24/h6-8,10,15H,4-5,9H2,1-3H3,(H,18,22)/t15-/m1/s1. The average molecular weight is 347 g/mol. The predicted molar refractivity (Wildman–Crippen MR) is 90.7 cm³/mol. The molecule has 0 saturated carbocycles. The van der Waals surface area contributed by atoms with Crippen molar-refractivity contribution in [2.45, 2.75) is 32.7 Å². The lowest BCUT2D eigenvalue weighted by Crippen LogP contribution is -2.46. The number of benzene rings is 1. The summed E-state index contributed by atoms with van der Waals surface area (Å²) in [6, 6.07) is 4.68. The number of nitrogens with zero attached hydrogens (tertiary/aromatic N) is 2. The number of nitrogens with one attached hydrogen (secondary N) is 1. The molecule has 0 radical (unpaired) electrons. The van der Waals surface area contributed by atoms with E-state index < -0.39 is 16.9 Å². The number of nitro groups is 1. The Morgan fingerprint density at radius 1 is 1.44 bits per heavy atom. The van der Waals surface area contributed by atoms with Crippen molar-refractivity contribution in [2.24, 2.45) is 0 Å². The first-order valence-corrected chi connectivity index (χ1v) is 8.03. The number of hydrogen-bond acceptors (Lipinski definition) is 5. The van der Waals surface area contributed by atoms with E-state index in [1.807, 2.05) is 6.92 Å². The van der Waals surface area contributed by atoms with E-state index in [0.717, 1.165) is 12.8 Å². The Kier molecular flexibility index (Phi) is 5.74. The van der Waals surface area contributed by atoms with Gasteiger partial charge in [0.25, 0.3) is 5.69 Å². The van der Waals surface area contributed by atoms with Crippen molar-refractivity contribution in [3.05, 3.63) is 51.2 Å². The molecule has 1 heterocycles. The summed E-state index contributed by atoms with van der Waals surface area (Å²) in [6.45, 7) is 3.92. The molecule has 1 aromatic rings. The second-order valence-electron chi connectivity index (χ2n) is 5.78. The molecule has 0 saturated heterocycles. The summed E-state index contributed by atoms with van der Waals surface area (Å²) < 4.78 is 5.30. The lowest BCUT2D eigenvalue weighted by molar-refractivity contribution is -0.384. The van der Waals surface area contributed by atoms with E-state index in [-0.39, 0.29) is 23.9 Å². The van der Waals surface area contributed by atoms with E-state index in [0.29, 0.717) is 11.3 Å². The number of rotatable bonds is 6. The molecular formula is C17H21N3O5. The van der Waals surface area contributed by atoms with Crippen molar-refractivity contribution in [3.8, 4) is 0 Å². The van der Waals surface area contributed by atoms with Crippen LogP contribution in [-0.4, -0.2) is 35.5 Å². The molecule has 1 aliphatic heterocycles. The third-order valence-corrected chi connectivity index (χ3v) is 4.12. The zero-order valence-electron chi connectivity index (χ0n) is 14.4. The molecule has 1 aromatic carbocycles. The highest BCUT2D eigenvalue weighted by atomic mass is 16.6. The van der Waals surface area contributed by atoms with Crippen LogP contribution in [0.2, 0.25) is 0 Å². The number of carbonyl (C=O) groups excluding carboxylic acids is 2. The van der Waals surface area contributed by atoms with Crippen molar-refractivity contribution < 1.29 is 19.2 Å². The van der Waals surface area contributed by atoms with Gasteiger partial charge in [-0.05, 0) is 18.9 Å². The van der Waals surface area contributed by atoms with E-state index in [1.165, 1.54) is 23.1 Å². The van der Waals surface area contributed by atoms with E-state index in [1.54, 1.807) is 20.0 Å². The van der Waals surface area contributed by atoms with Crippen LogP contribution >= 0.6 is 0 Å². The minimum atomic E-state index is -0.794. The van der Waals surface area contributed by atoms with Crippen molar-refractivity contribution >= 4 is 17.7 Å². The second-order valence-corrected chi connectivity index (χ2v) is 5.78. The number of hydrogen-bond donors (Lipinski definition) is 1. The van der Waals surface area contributed by atoms with Gasteiger partial charge in [-0.1, -0.05) is 25.5 Å². The van der Waals surface area contributed by atoms with Gasteiger partial charge < -0.3 is 15.0 Å². The molecule has 2 amide bonds. The first-order chi connectivity index (χ1) is 11.9. The monoisotopic (exact) mass is 347 g/mol. The summed E-state index contributed by atoms with van der Waals surface area (Å²) in [5.74, 6) is -0.533. The number of nitro benzene ring substituents is 1. The van der Waals surface area contributed by atoms with Crippen molar-refractivity contribution in [1.29, 1.82) is 0 Å². The molecule has 0 aliphatic carbocycles. The maximum atomic E-state index is 12.5.